The van der Waals surface area contributed by atoms with Gasteiger partial charge in [0, 0.05) is 24.5 Å². The van der Waals surface area contributed by atoms with E-state index in [1.807, 2.05) is 6.92 Å². The van der Waals surface area contributed by atoms with Gasteiger partial charge in [0.1, 0.15) is 17.1 Å². The highest BCUT2D eigenvalue weighted by Crippen LogP contribution is 2.27. The molecule has 4 N–H and O–H groups in total. The van der Waals surface area contributed by atoms with Gasteiger partial charge in [0.25, 0.3) is 5.91 Å². The lowest BCUT2D eigenvalue weighted by molar-refractivity contribution is 0.0698. The van der Waals surface area contributed by atoms with Crippen LogP contribution >= 0.6 is 0 Å². The molecule has 0 fully saturated rings. The van der Waals surface area contributed by atoms with Crippen LogP contribution in [0, 0.1) is 13.8 Å². The summed E-state index contributed by atoms with van der Waals surface area (Å²) in [5, 5.41) is 13.7. The number of aliphatic hydroxyl groups is 1. The standard InChI is InChI=1S/C15H19N3O3/c1-9-6-12(10(2)21-9)15(3,20)8-18-13-4-5-17-7-11(13)14(16)19/h4-7,20H,8H2,1-3H3,(H2,16,19)(H,17,18). The number of primary amides is 1. The van der Waals surface area contributed by atoms with Crippen molar-refractivity contribution in [3.8, 4) is 0 Å². The van der Waals surface area contributed by atoms with E-state index in [0.29, 0.717) is 17.0 Å². The SMILES string of the molecule is Cc1cc(C(C)(O)CNc2ccncc2C(N)=O)c(C)o1. The van der Waals surface area contributed by atoms with E-state index in [-0.39, 0.29) is 12.1 Å². The van der Waals surface area contributed by atoms with Crippen molar-refractivity contribution < 1.29 is 14.3 Å². The first kappa shape index (κ1) is 15.1. The number of amides is 1. The zero-order chi connectivity index (χ0) is 15.6. The van der Waals surface area contributed by atoms with Crippen molar-refractivity contribution in [2.45, 2.75) is 26.4 Å². The molecule has 0 radical (unpaired) electrons. The first-order chi connectivity index (χ1) is 9.81. The van der Waals surface area contributed by atoms with Crippen molar-refractivity contribution in [3.05, 3.63) is 47.2 Å². The smallest absolute Gasteiger partial charge is 0.252 e. The highest BCUT2D eigenvalue weighted by atomic mass is 16.3. The normalized spacial score (nSPS) is 13.7. The fourth-order valence-electron chi connectivity index (χ4n) is 2.27. The van der Waals surface area contributed by atoms with Gasteiger partial charge in [-0.25, -0.2) is 0 Å². The quantitative estimate of drug-likeness (QED) is 0.777. The van der Waals surface area contributed by atoms with Crippen molar-refractivity contribution in [1.29, 1.82) is 0 Å². The maximum Gasteiger partial charge on any atom is 0.252 e. The molecule has 0 saturated heterocycles. The van der Waals surface area contributed by atoms with Gasteiger partial charge in [-0.3, -0.25) is 9.78 Å². The molecule has 21 heavy (non-hydrogen) atoms. The zero-order valence-electron chi connectivity index (χ0n) is 12.3. The molecule has 0 aliphatic heterocycles. The molecule has 1 amide bonds. The number of carbonyl (C=O) groups excluding carboxylic acids is 1. The van der Waals surface area contributed by atoms with Crippen molar-refractivity contribution >= 4 is 11.6 Å². The molecule has 6 nitrogen and oxygen atoms in total. The second-order valence-corrected chi connectivity index (χ2v) is 5.24. The molecule has 0 aliphatic carbocycles. The topological polar surface area (TPSA) is 101 Å². The minimum Gasteiger partial charge on any atom is -0.466 e. The van der Waals surface area contributed by atoms with Crippen LogP contribution < -0.4 is 11.1 Å². The van der Waals surface area contributed by atoms with Crippen LogP contribution in [0.25, 0.3) is 0 Å². The second kappa shape index (κ2) is 5.57. The Bertz CT molecular complexity index is 662. The van der Waals surface area contributed by atoms with E-state index < -0.39 is 11.5 Å². The van der Waals surface area contributed by atoms with E-state index in [0.717, 1.165) is 5.76 Å². The number of hydrogen-bond donors (Lipinski definition) is 3. The maximum absolute atomic E-state index is 11.3. The first-order valence-corrected chi connectivity index (χ1v) is 6.59. The molecular formula is C15H19N3O3. The number of aromatic nitrogens is 1. The van der Waals surface area contributed by atoms with Crippen molar-refractivity contribution in [3.63, 3.8) is 0 Å². The Labute approximate surface area is 123 Å². The predicted molar refractivity (Wildman–Crippen MR) is 79.0 cm³/mol. The van der Waals surface area contributed by atoms with Crippen LogP contribution in [0.5, 0.6) is 0 Å². The largest absolute Gasteiger partial charge is 0.466 e. The average Bonchev–Trinajstić information content (AvgIpc) is 2.76. The van der Waals surface area contributed by atoms with E-state index >= 15 is 0 Å². The molecule has 0 spiro atoms. The Morgan fingerprint density at radius 1 is 1.52 bits per heavy atom. The van der Waals surface area contributed by atoms with Gasteiger partial charge in [-0.1, -0.05) is 0 Å². The molecule has 1 unspecified atom stereocenters. The lowest BCUT2D eigenvalue weighted by Gasteiger charge is -2.24. The zero-order valence-corrected chi connectivity index (χ0v) is 12.3. The van der Waals surface area contributed by atoms with Gasteiger partial charge in [0.2, 0.25) is 0 Å². The van der Waals surface area contributed by atoms with Gasteiger partial charge in [-0.05, 0) is 32.9 Å². The van der Waals surface area contributed by atoms with E-state index in [1.165, 1.54) is 6.20 Å². The number of hydrogen-bond acceptors (Lipinski definition) is 5. The average molecular weight is 289 g/mol. The summed E-state index contributed by atoms with van der Waals surface area (Å²) in [6.45, 7) is 5.52. The number of aryl methyl sites for hydroxylation is 2. The Morgan fingerprint density at radius 3 is 2.81 bits per heavy atom. The van der Waals surface area contributed by atoms with Gasteiger partial charge in [0.05, 0.1) is 11.3 Å². The Balaban J connectivity index is 2.19. The van der Waals surface area contributed by atoms with Crippen LogP contribution in [0.3, 0.4) is 0 Å². The summed E-state index contributed by atoms with van der Waals surface area (Å²) < 4.78 is 5.44. The van der Waals surface area contributed by atoms with Gasteiger partial charge >= 0.3 is 0 Å². The summed E-state index contributed by atoms with van der Waals surface area (Å²) in [5.41, 5.74) is 5.69. The summed E-state index contributed by atoms with van der Waals surface area (Å²) in [6, 6.07) is 3.45. The molecule has 0 bridgehead atoms. The van der Waals surface area contributed by atoms with Crippen molar-refractivity contribution in [1.82, 2.24) is 4.98 Å². The molecule has 0 saturated carbocycles. The summed E-state index contributed by atoms with van der Waals surface area (Å²) in [6.07, 6.45) is 2.95. The third-order valence-corrected chi connectivity index (χ3v) is 3.33. The van der Waals surface area contributed by atoms with Gasteiger partial charge in [-0.15, -0.1) is 0 Å². The Kier molecular flexibility index (Phi) is 3.99. The molecule has 2 rings (SSSR count). The molecule has 2 aromatic rings. The first-order valence-electron chi connectivity index (χ1n) is 6.59. The Morgan fingerprint density at radius 2 is 2.24 bits per heavy atom. The third kappa shape index (κ3) is 3.22. The summed E-state index contributed by atoms with van der Waals surface area (Å²) in [4.78, 5) is 15.2. The molecule has 0 aromatic carbocycles. The molecule has 6 heteroatoms. The minimum atomic E-state index is -1.14. The number of carbonyl (C=O) groups is 1. The number of anilines is 1. The van der Waals surface area contributed by atoms with E-state index in [4.69, 9.17) is 10.2 Å². The van der Waals surface area contributed by atoms with E-state index in [9.17, 15) is 9.90 Å². The Hall–Kier alpha value is -2.34. The fourth-order valence-corrected chi connectivity index (χ4v) is 2.27. The number of furan rings is 1. The molecule has 1 atom stereocenters. The van der Waals surface area contributed by atoms with Crippen molar-refractivity contribution in [2.75, 3.05) is 11.9 Å². The lowest BCUT2D eigenvalue weighted by atomic mass is 9.96. The lowest BCUT2D eigenvalue weighted by Crippen LogP contribution is -2.31. The maximum atomic E-state index is 11.3. The van der Waals surface area contributed by atoms with Gasteiger partial charge in [-0.2, -0.15) is 0 Å². The van der Waals surface area contributed by atoms with Crippen LogP contribution in [-0.4, -0.2) is 22.5 Å². The summed E-state index contributed by atoms with van der Waals surface area (Å²) in [5.74, 6) is 0.842. The third-order valence-electron chi connectivity index (χ3n) is 3.33. The number of nitrogens with one attached hydrogen (secondary N) is 1. The van der Waals surface area contributed by atoms with Crippen molar-refractivity contribution in [2.24, 2.45) is 5.73 Å². The van der Waals surface area contributed by atoms with E-state index in [2.05, 4.69) is 10.3 Å². The number of pyridine rings is 1. The molecule has 0 aliphatic rings. The fraction of sp³-hybridized carbons (Fsp3) is 0.333. The summed E-state index contributed by atoms with van der Waals surface area (Å²) >= 11 is 0. The number of nitrogens with zero attached hydrogens (tertiary/aromatic N) is 1. The molecule has 112 valence electrons. The minimum absolute atomic E-state index is 0.205. The second-order valence-electron chi connectivity index (χ2n) is 5.24. The summed E-state index contributed by atoms with van der Waals surface area (Å²) in [7, 11) is 0. The predicted octanol–water partition coefficient (Wildman–Crippen LogP) is 1.71. The van der Waals surface area contributed by atoms with Crippen LogP contribution in [-0.2, 0) is 5.60 Å². The molecular weight excluding hydrogens is 270 g/mol. The van der Waals surface area contributed by atoms with Gasteiger partial charge < -0.3 is 20.6 Å². The highest BCUT2D eigenvalue weighted by Gasteiger charge is 2.27. The number of rotatable bonds is 5. The number of nitrogens with two attached hydrogens (primary N) is 1. The molecule has 2 aromatic heterocycles. The molecule has 2 heterocycles. The van der Waals surface area contributed by atoms with Gasteiger partial charge in [0.15, 0.2) is 0 Å². The van der Waals surface area contributed by atoms with Crippen LogP contribution in [0.2, 0.25) is 0 Å². The monoisotopic (exact) mass is 289 g/mol. The van der Waals surface area contributed by atoms with Crippen LogP contribution in [0.1, 0.15) is 34.4 Å². The van der Waals surface area contributed by atoms with Crippen LogP contribution in [0.15, 0.2) is 28.9 Å². The van der Waals surface area contributed by atoms with E-state index in [1.54, 1.807) is 32.2 Å². The highest BCUT2D eigenvalue weighted by molar-refractivity contribution is 5.98. The van der Waals surface area contributed by atoms with Crippen LogP contribution in [0.4, 0.5) is 5.69 Å².